The molecule has 1 aromatic rings. The van der Waals surface area contributed by atoms with E-state index in [1.54, 1.807) is 0 Å². The lowest BCUT2D eigenvalue weighted by Gasteiger charge is -2.17. The summed E-state index contributed by atoms with van der Waals surface area (Å²) in [5.41, 5.74) is 0.991. The highest BCUT2D eigenvalue weighted by molar-refractivity contribution is 5.48. The van der Waals surface area contributed by atoms with Crippen LogP contribution in [0.25, 0.3) is 0 Å². The molecule has 1 aliphatic rings. The Bertz CT molecular complexity index is 431. The predicted molar refractivity (Wildman–Crippen MR) is 79.4 cm³/mol. The monoisotopic (exact) mass is 279 g/mol. The molecule has 0 aromatic carbocycles. The minimum absolute atomic E-state index is 0.122. The van der Waals surface area contributed by atoms with E-state index in [-0.39, 0.29) is 6.10 Å². The van der Waals surface area contributed by atoms with Crippen LogP contribution in [0.5, 0.6) is 5.88 Å². The molecule has 2 heterocycles. The number of hydrogen-bond donors (Lipinski definition) is 1. The normalized spacial score (nSPS) is 18.2. The van der Waals surface area contributed by atoms with Crippen molar-refractivity contribution >= 4 is 5.82 Å². The molecule has 1 aromatic heterocycles. The molecule has 1 fully saturated rings. The number of rotatable bonds is 7. The summed E-state index contributed by atoms with van der Waals surface area (Å²) in [6.07, 6.45) is 4.03. The number of nitrogens with one attached hydrogen (secondary N) is 1. The van der Waals surface area contributed by atoms with Gasteiger partial charge in [0.25, 0.3) is 0 Å². The molecule has 1 saturated heterocycles. The Labute approximate surface area is 121 Å². The van der Waals surface area contributed by atoms with Crippen molar-refractivity contribution in [1.29, 1.82) is 0 Å². The minimum atomic E-state index is 0.122. The Morgan fingerprint density at radius 1 is 1.30 bits per heavy atom. The van der Waals surface area contributed by atoms with Gasteiger partial charge in [0.1, 0.15) is 17.7 Å². The van der Waals surface area contributed by atoms with Crippen LogP contribution in [0.1, 0.15) is 44.5 Å². The van der Waals surface area contributed by atoms with E-state index in [9.17, 15) is 0 Å². The van der Waals surface area contributed by atoms with Crippen LogP contribution < -0.4 is 10.1 Å². The largest absolute Gasteiger partial charge is 0.471 e. The van der Waals surface area contributed by atoms with Crippen LogP contribution in [-0.4, -0.2) is 35.8 Å². The molecule has 1 unspecified atom stereocenters. The average Bonchev–Trinajstić information content (AvgIpc) is 2.94. The molecule has 112 valence electrons. The highest BCUT2D eigenvalue weighted by atomic mass is 16.5. The van der Waals surface area contributed by atoms with Crippen LogP contribution in [0.2, 0.25) is 0 Å². The Kier molecular flexibility index (Phi) is 5.59. The molecular weight excluding hydrogens is 254 g/mol. The van der Waals surface area contributed by atoms with E-state index < -0.39 is 0 Å². The second kappa shape index (κ2) is 7.43. The van der Waals surface area contributed by atoms with Crippen molar-refractivity contribution in [3.05, 3.63) is 11.4 Å². The van der Waals surface area contributed by atoms with E-state index in [4.69, 9.17) is 9.47 Å². The fourth-order valence-corrected chi connectivity index (χ4v) is 2.17. The molecule has 0 bridgehead atoms. The Balaban J connectivity index is 2.19. The van der Waals surface area contributed by atoms with Crippen molar-refractivity contribution in [3.8, 4) is 5.88 Å². The maximum absolute atomic E-state index is 6.00. The highest BCUT2D eigenvalue weighted by Gasteiger charge is 2.20. The second-order valence-electron chi connectivity index (χ2n) is 5.20. The summed E-state index contributed by atoms with van der Waals surface area (Å²) in [6, 6.07) is 0. The lowest BCUT2D eigenvalue weighted by Crippen LogP contribution is -2.19. The van der Waals surface area contributed by atoms with Crippen molar-refractivity contribution < 1.29 is 9.47 Å². The van der Waals surface area contributed by atoms with E-state index in [0.717, 1.165) is 56.0 Å². The van der Waals surface area contributed by atoms with Gasteiger partial charge in [0.2, 0.25) is 5.88 Å². The molecule has 0 aliphatic carbocycles. The van der Waals surface area contributed by atoms with E-state index in [1.807, 2.05) is 6.92 Å². The molecule has 1 aliphatic heterocycles. The summed E-state index contributed by atoms with van der Waals surface area (Å²) in [6.45, 7) is 8.63. The smallest absolute Gasteiger partial charge is 0.222 e. The van der Waals surface area contributed by atoms with Crippen molar-refractivity contribution in [2.24, 2.45) is 0 Å². The van der Waals surface area contributed by atoms with Crippen LogP contribution in [0.3, 0.4) is 0 Å². The van der Waals surface area contributed by atoms with E-state index >= 15 is 0 Å². The fraction of sp³-hybridized carbons (Fsp3) is 0.733. The topological polar surface area (TPSA) is 56.3 Å². The van der Waals surface area contributed by atoms with Crippen LogP contribution >= 0.6 is 0 Å². The van der Waals surface area contributed by atoms with Gasteiger partial charge in [-0.1, -0.05) is 13.8 Å². The zero-order chi connectivity index (χ0) is 14.4. The van der Waals surface area contributed by atoms with Gasteiger partial charge in [-0.2, -0.15) is 4.98 Å². The van der Waals surface area contributed by atoms with Crippen molar-refractivity contribution in [2.75, 3.05) is 25.1 Å². The van der Waals surface area contributed by atoms with Crippen LogP contribution in [0, 0.1) is 6.92 Å². The number of hydrogen-bond acceptors (Lipinski definition) is 5. The summed E-state index contributed by atoms with van der Waals surface area (Å²) >= 11 is 0. The quantitative estimate of drug-likeness (QED) is 0.831. The predicted octanol–water partition coefficient (Wildman–Crippen LogP) is 2.73. The Hall–Kier alpha value is -1.36. The lowest BCUT2D eigenvalue weighted by molar-refractivity contribution is 0.137. The maximum Gasteiger partial charge on any atom is 0.222 e. The highest BCUT2D eigenvalue weighted by Crippen LogP contribution is 2.25. The number of aryl methyl sites for hydroxylation is 1. The van der Waals surface area contributed by atoms with Gasteiger partial charge < -0.3 is 14.8 Å². The lowest BCUT2D eigenvalue weighted by atomic mass is 10.2. The molecule has 0 saturated carbocycles. The standard InChI is InChI=1S/C15H25N3O2/c1-4-6-13-17-14(16-8-5-2)11(3)15(18-13)20-12-7-9-19-10-12/h12H,4-10H2,1-3H3,(H,16,17,18). The van der Waals surface area contributed by atoms with E-state index in [1.165, 1.54) is 0 Å². The van der Waals surface area contributed by atoms with Gasteiger partial charge in [-0.05, 0) is 19.8 Å². The van der Waals surface area contributed by atoms with Gasteiger partial charge in [-0.3, -0.25) is 0 Å². The molecule has 1 atom stereocenters. The van der Waals surface area contributed by atoms with Gasteiger partial charge in [0.05, 0.1) is 18.8 Å². The molecule has 2 rings (SSSR count). The van der Waals surface area contributed by atoms with Crippen molar-refractivity contribution in [1.82, 2.24) is 9.97 Å². The van der Waals surface area contributed by atoms with Gasteiger partial charge in [-0.15, -0.1) is 0 Å². The molecule has 1 N–H and O–H groups in total. The molecule has 0 radical (unpaired) electrons. The first-order valence-corrected chi connectivity index (χ1v) is 7.60. The summed E-state index contributed by atoms with van der Waals surface area (Å²) in [5.74, 6) is 2.46. The second-order valence-corrected chi connectivity index (χ2v) is 5.20. The van der Waals surface area contributed by atoms with Crippen LogP contribution in [-0.2, 0) is 11.2 Å². The summed E-state index contributed by atoms with van der Waals surface area (Å²) < 4.78 is 11.4. The summed E-state index contributed by atoms with van der Waals surface area (Å²) in [5, 5.41) is 3.36. The first-order chi connectivity index (χ1) is 9.74. The van der Waals surface area contributed by atoms with Crippen molar-refractivity contribution in [2.45, 2.75) is 52.6 Å². The number of ether oxygens (including phenoxy) is 2. The van der Waals surface area contributed by atoms with Gasteiger partial charge >= 0.3 is 0 Å². The molecular formula is C15H25N3O2. The van der Waals surface area contributed by atoms with Crippen LogP contribution in [0.15, 0.2) is 0 Å². The van der Waals surface area contributed by atoms with Crippen LogP contribution in [0.4, 0.5) is 5.82 Å². The summed E-state index contributed by atoms with van der Waals surface area (Å²) in [7, 11) is 0. The molecule has 20 heavy (non-hydrogen) atoms. The molecule has 0 spiro atoms. The van der Waals surface area contributed by atoms with Gasteiger partial charge in [-0.25, -0.2) is 4.98 Å². The Morgan fingerprint density at radius 3 is 2.80 bits per heavy atom. The number of aromatic nitrogens is 2. The van der Waals surface area contributed by atoms with Crippen molar-refractivity contribution in [3.63, 3.8) is 0 Å². The minimum Gasteiger partial charge on any atom is -0.471 e. The zero-order valence-electron chi connectivity index (χ0n) is 12.7. The van der Waals surface area contributed by atoms with Gasteiger partial charge in [0, 0.05) is 19.4 Å². The maximum atomic E-state index is 6.00. The Morgan fingerprint density at radius 2 is 2.15 bits per heavy atom. The first-order valence-electron chi connectivity index (χ1n) is 7.60. The number of nitrogens with zero attached hydrogens (tertiary/aromatic N) is 2. The molecule has 0 amide bonds. The number of anilines is 1. The average molecular weight is 279 g/mol. The SMILES string of the molecule is CCCNc1nc(CCC)nc(OC2CCOC2)c1C. The van der Waals surface area contributed by atoms with Gasteiger partial charge in [0.15, 0.2) is 0 Å². The first kappa shape index (κ1) is 15.0. The fourth-order valence-electron chi connectivity index (χ4n) is 2.17. The summed E-state index contributed by atoms with van der Waals surface area (Å²) in [4.78, 5) is 9.17. The third-order valence-electron chi connectivity index (χ3n) is 3.33. The van der Waals surface area contributed by atoms with E-state index in [2.05, 4.69) is 29.1 Å². The third-order valence-corrected chi connectivity index (χ3v) is 3.33. The van der Waals surface area contributed by atoms with E-state index in [0.29, 0.717) is 12.5 Å². The molecule has 5 nitrogen and oxygen atoms in total. The third kappa shape index (κ3) is 3.82. The molecule has 5 heteroatoms. The zero-order valence-corrected chi connectivity index (χ0v) is 12.7.